The fraction of sp³-hybridized carbons (Fsp3) is 0.174. The second-order valence-electron chi connectivity index (χ2n) is 6.76. The Labute approximate surface area is 196 Å². The van der Waals surface area contributed by atoms with Crippen molar-refractivity contribution in [3.63, 3.8) is 0 Å². The number of carbonyl (C=O) groups excluding carboxylic acids is 1. The number of nitrogens with one attached hydrogen (secondary N) is 2. The van der Waals surface area contributed by atoms with E-state index in [1.165, 1.54) is 12.1 Å². The number of sulfonamides is 1. The van der Waals surface area contributed by atoms with E-state index in [9.17, 15) is 13.2 Å². The first-order chi connectivity index (χ1) is 14.9. The summed E-state index contributed by atoms with van der Waals surface area (Å²) in [5.41, 5.74) is 1.45. The second kappa shape index (κ2) is 10.7. The van der Waals surface area contributed by atoms with Crippen LogP contribution >= 0.6 is 22.6 Å². The van der Waals surface area contributed by atoms with Crippen molar-refractivity contribution in [2.24, 2.45) is 0 Å². The van der Waals surface area contributed by atoms with Crippen molar-refractivity contribution in [1.82, 2.24) is 4.72 Å². The molecular weight excluding hydrogens is 527 g/mol. The Morgan fingerprint density at radius 3 is 2.23 bits per heavy atom. The van der Waals surface area contributed by atoms with E-state index in [4.69, 9.17) is 4.74 Å². The molecule has 3 aromatic carbocycles. The summed E-state index contributed by atoms with van der Waals surface area (Å²) in [5, 5.41) is 2.80. The normalized spacial score (nSPS) is 12.2. The van der Waals surface area contributed by atoms with Crippen molar-refractivity contribution in [3.05, 3.63) is 88.0 Å². The van der Waals surface area contributed by atoms with E-state index in [1.807, 2.05) is 49.4 Å². The molecule has 3 aromatic rings. The van der Waals surface area contributed by atoms with E-state index in [0.717, 1.165) is 9.13 Å². The molecule has 0 aliphatic rings. The van der Waals surface area contributed by atoms with Crippen LogP contribution in [0.5, 0.6) is 5.75 Å². The van der Waals surface area contributed by atoms with Gasteiger partial charge in [-0.25, -0.2) is 8.42 Å². The maximum atomic E-state index is 13.0. The fourth-order valence-electron chi connectivity index (χ4n) is 2.94. The SMILES string of the molecule is CCOc1ccc(S(=O)(=O)NC(Cc2ccccc2)C(=O)Nc2ccc(I)cc2)cc1. The molecule has 0 aromatic heterocycles. The maximum absolute atomic E-state index is 13.0. The zero-order valence-electron chi connectivity index (χ0n) is 16.9. The van der Waals surface area contributed by atoms with Crippen molar-refractivity contribution in [2.45, 2.75) is 24.3 Å². The van der Waals surface area contributed by atoms with E-state index in [1.54, 1.807) is 24.3 Å². The molecule has 0 aliphatic heterocycles. The lowest BCUT2D eigenvalue weighted by Crippen LogP contribution is -2.45. The molecule has 0 bridgehead atoms. The number of benzene rings is 3. The molecule has 0 spiro atoms. The van der Waals surface area contributed by atoms with Crippen molar-refractivity contribution < 1.29 is 17.9 Å². The molecule has 31 heavy (non-hydrogen) atoms. The van der Waals surface area contributed by atoms with Gasteiger partial charge in [0.25, 0.3) is 0 Å². The summed E-state index contributed by atoms with van der Waals surface area (Å²) in [5.74, 6) is 0.151. The third-order valence-electron chi connectivity index (χ3n) is 4.45. The summed E-state index contributed by atoms with van der Waals surface area (Å²) < 4.78 is 34.9. The van der Waals surface area contributed by atoms with Gasteiger partial charge in [0.1, 0.15) is 11.8 Å². The van der Waals surface area contributed by atoms with Crippen LogP contribution in [0.25, 0.3) is 0 Å². The van der Waals surface area contributed by atoms with Crippen molar-refractivity contribution in [2.75, 3.05) is 11.9 Å². The minimum absolute atomic E-state index is 0.0658. The highest BCUT2D eigenvalue weighted by molar-refractivity contribution is 14.1. The molecule has 3 rings (SSSR count). The summed E-state index contributed by atoms with van der Waals surface area (Å²) in [6.45, 7) is 2.34. The average molecular weight is 550 g/mol. The molecule has 8 heteroatoms. The Morgan fingerprint density at radius 2 is 1.61 bits per heavy atom. The van der Waals surface area contributed by atoms with Gasteiger partial charge >= 0.3 is 0 Å². The van der Waals surface area contributed by atoms with E-state index in [2.05, 4.69) is 32.6 Å². The third kappa shape index (κ3) is 6.78. The molecular formula is C23H23IN2O4S. The van der Waals surface area contributed by atoms with Crippen LogP contribution in [0, 0.1) is 3.57 Å². The highest BCUT2D eigenvalue weighted by Gasteiger charge is 2.26. The lowest BCUT2D eigenvalue weighted by molar-refractivity contribution is -0.117. The molecule has 0 saturated carbocycles. The lowest BCUT2D eigenvalue weighted by atomic mass is 10.1. The number of rotatable bonds is 9. The minimum atomic E-state index is -3.92. The maximum Gasteiger partial charge on any atom is 0.242 e. The van der Waals surface area contributed by atoms with Gasteiger partial charge in [-0.05, 0) is 90.0 Å². The van der Waals surface area contributed by atoms with E-state index in [-0.39, 0.29) is 11.3 Å². The Bertz CT molecular complexity index is 1100. The molecule has 1 unspecified atom stereocenters. The van der Waals surface area contributed by atoms with Gasteiger partial charge in [-0.1, -0.05) is 30.3 Å². The molecule has 1 amide bonds. The van der Waals surface area contributed by atoms with Gasteiger partial charge in [0.2, 0.25) is 15.9 Å². The van der Waals surface area contributed by atoms with E-state index in [0.29, 0.717) is 18.0 Å². The molecule has 162 valence electrons. The number of halogens is 1. The van der Waals surface area contributed by atoms with Crippen LogP contribution in [0.3, 0.4) is 0 Å². The molecule has 0 fully saturated rings. The van der Waals surface area contributed by atoms with Crippen LogP contribution in [-0.2, 0) is 21.2 Å². The van der Waals surface area contributed by atoms with Crippen molar-refractivity contribution >= 4 is 44.2 Å². The van der Waals surface area contributed by atoms with Gasteiger partial charge in [-0.2, -0.15) is 4.72 Å². The Hall–Kier alpha value is -2.43. The van der Waals surface area contributed by atoms with Gasteiger partial charge in [-0.15, -0.1) is 0 Å². The molecule has 6 nitrogen and oxygen atoms in total. The van der Waals surface area contributed by atoms with Gasteiger partial charge in [0.15, 0.2) is 0 Å². The zero-order chi connectivity index (χ0) is 22.3. The Morgan fingerprint density at radius 1 is 0.968 bits per heavy atom. The summed E-state index contributed by atoms with van der Waals surface area (Å²) in [4.78, 5) is 13.1. The number of ether oxygens (including phenoxy) is 1. The summed E-state index contributed by atoms with van der Waals surface area (Å²) in [6.07, 6.45) is 0.216. The van der Waals surface area contributed by atoms with E-state index >= 15 is 0 Å². The smallest absolute Gasteiger partial charge is 0.242 e. The predicted octanol–water partition coefficient (Wildman–Crippen LogP) is 4.22. The topological polar surface area (TPSA) is 84.5 Å². The Kier molecular flexibility index (Phi) is 8.05. The zero-order valence-corrected chi connectivity index (χ0v) is 19.9. The number of hydrogen-bond acceptors (Lipinski definition) is 4. The monoisotopic (exact) mass is 550 g/mol. The number of carbonyl (C=O) groups is 1. The van der Waals surface area contributed by atoms with Crippen LogP contribution in [0.2, 0.25) is 0 Å². The first kappa shape index (κ1) is 23.2. The summed E-state index contributed by atoms with van der Waals surface area (Å²) >= 11 is 2.18. The standard InChI is InChI=1S/C23H23IN2O4S/c1-2-30-20-12-14-21(15-13-20)31(28,29)26-22(16-17-6-4-3-5-7-17)23(27)25-19-10-8-18(24)9-11-19/h3-15,22,26H,2,16H2,1H3,(H,25,27). The van der Waals surface area contributed by atoms with Gasteiger partial charge in [0.05, 0.1) is 11.5 Å². The highest BCUT2D eigenvalue weighted by atomic mass is 127. The summed E-state index contributed by atoms with van der Waals surface area (Å²) in [7, 11) is -3.92. The minimum Gasteiger partial charge on any atom is -0.494 e. The molecule has 0 heterocycles. The van der Waals surface area contributed by atoms with Crippen LogP contribution in [0.1, 0.15) is 12.5 Å². The lowest BCUT2D eigenvalue weighted by Gasteiger charge is -2.19. The quantitative estimate of drug-likeness (QED) is 0.391. The average Bonchev–Trinajstić information content (AvgIpc) is 2.76. The van der Waals surface area contributed by atoms with Crippen molar-refractivity contribution in [1.29, 1.82) is 0 Å². The molecule has 2 N–H and O–H groups in total. The molecule has 1 atom stereocenters. The largest absolute Gasteiger partial charge is 0.494 e. The third-order valence-corrected chi connectivity index (χ3v) is 6.66. The van der Waals surface area contributed by atoms with Crippen LogP contribution < -0.4 is 14.8 Å². The molecule has 0 saturated heterocycles. The van der Waals surface area contributed by atoms with Crippen molar-refractivity contribution in [3.8, 4) is 5.75 Å². The highest BCUT2D eigenvalue weighted by Crippen LogP contribution is 2.18. The van der Waals surface area contributed by atoms with Crippen LogP contribution in [0.15, 0.2) is 83.8 Å². The first-order valence-electron chi connectivity index (χ1n) is 9.73. The van der Waals surface area contributed by atoms with Gasteiger partial charge in [-0.3, -0.25) is 4.79 Å². The van der Waals surface area contributed by atoms with Crippen LogP contribution in [-0.4, -0.2) is 27.0 Å². The first-order valence-corrected chi connectivity index (χ1v) is 12.3. The number of anilines is 1. The van der Waals surface area contributed by atoms with Gasteiger partial charge in [0, 0.05) is 9.26 Å². The van der Waals surface area contributed by atoms with Gasteiger partial charge < -0.3 is 10.1 Å². The Balaban J connectivity index is 1.82. The van der Waals surface area contributed by atoms with E-state index < -0.39 is 22.0 Å². The number of hydrogen-bond donors (Lipinski definition) is 2. The predicted molar refractivity (Wildman–Crippen MR) is 130 cm³/mol. The summed E-state index contributed by atoms with van der Waals surface area (Å²) in [6, 6.07) is 21.7. The fourth-order valence-corrected chi connectivity index (χ4v) is 4.49. The molecule has 0 aliphatic carbocycles. The number of amides is 1. The van der Waals surface area contributed by atoms with Crippen LogP contribution in [0.4, 0.5) is 5.69 Å². The molecule has 0 radical (unpaired) electrons. The second-order valence-corrected chi connectivity index (χ2v) is 9.72.